The van der Waals surface area contributed by atoms with Crippen molar-refractivity contribution in [3.63, 3.8) is 0 Å². The van der Waals surface area contributed by atoms with Gasteiger partial charge in [-0.2, -0.15) is 0 Å². The standard InChI is InChI=1S/C16H20N2O2/c19-15-11-13(12-7-3-4-8-14(12)17-15)16(20)18-9-5-1-2-6-10-18/h3-4,7-8,13H,1-2,5-6,9-11H2,(H,17,19). The number of benzene rings is 1. The fraction of sp³-hybridized carbons (Fsp3) is 0.500. The lowest BCUT2D eigenvalue weighted by Gasteiger charge is -2.30. The van der Waals surface area contributed by atoms with Crippen LogP contribution in [0, 0.1) is 0 Å². The molecule has 1 fully saturated rings. The summed E-state index contributed by atoms with van der Waals surface area (Å²) in [5.74, 6) is -0.246. The van der Waals surface area contributed by atoms with Crippen LogP contribution >= 0.6 is 0 Å². The summed E-state index contributed by atoms with van der Waals surface area (Å²) >= 11 is 0. The van der Waals surface area contributed by atoms with E-state index in [1.54, 1.807) is 0 Å². The molecule has 4 nitrogen and oxygen atoms in total. The van der Waals surface area contributed by atoms with E-state index >= 15 is 0 Å². The number of anilines is 1. The summed E-state index contributed by atoms with van der Waals surface area (Å²) in [5, 5.41) is 2.85. The Bertz CT molecular complexity index is 519. The molecule has 4 heteroatoms. The Morgan fingerprint density at radius 1 is 1.10 bits per heavy atom. The highest BCUT2D eigenvalue weighted by Gasteiger charge is 2.33. The van der Waals surface area contributed by atoms with Crippen molar-refractivity contribution in [1.29, 1.82) is 0 Å². The van der Waals surface area contributed by atoms with Gasteiger partial charge in [0.2, 0.25) is 11.8 Å². The fourth-order valence-corrected chi connectivity index (χ4v) is 3.14. The molecule has 1 aromatic rings. The second-order valence-corrected chi connectivity index (χ2v) is 5.63. The van der Waals surface area contributed by atoms with Crippen molar-refractivity contribution < 1.29 is 9.59 Å². The van der Waals surface area contributed by atoms with Gasteiger partial charge in [0.1, 0.15) is 0 Å². The van der Waals surface area contributed by atoms with E-state index in [-0.39, 0.29) is 24.2 Å². The van der Waals surface area contributed by atoms with Gasteiger partial charge in [0, 0.05) is 25.2 Å². The third-order valence-electron chi connectivity index (χ3n) is 4.22. The molecule has 3 rings (SSSR count). The zero-order valence-electron chi connectivity index (χ0n) is 11.6. The summed E-state index contributed by atoms with van der Waals surface area (Å²) in [5.41, 5.74) is 1.75. The molecule has 2 aliphatic heterocycles. The summed E-state index contributed by atoms with van der Waals surface area (Å²) in [6, 6.07) is 7.64. The highest BCUT2D eigenvalue weighted by molar-refractivity contribution is 6.01. The van der Waals surface area contributed by atoms with Crippen molar-refractivity contribution in [1.82, 2.24) is 4.90 Å². The third-order valence-corrected chi connectivity index (χ3v) is 4.22. The average molecular weight is 272 g/mol. The zero-order chi connectivity index (χ0) is 13.9. The third kappa shape index (κ3) is 2.55. The largest absolute Gasteiger partial charge is 0.342 e. The molecule has 0 saturated carbocycles. The SMILES string of the molecule is O=C1CC(C(=O)N2CCCCCC2)c2ccccc2N1. The van der Waals surface area contributed by atoms with E-state index < -0.39 is 0 Å². The van der Waals surface area contributed by atoms with Gasteiger partial charge in [-0.1, -0.05) is 31.0 Å². The van der Waals surface area contributed by atoms with Crippen LogP contribution in [0.4, 0.5) is 5.69 Å². The number of hydrogen-bond acceptors (Lipinski definition) is 2. The predicted molar refractivity (Wildman–Crippen MR) is 77.5 cm³/mol. The minimum atomic E-state index is -0.307. The minimum absolute atomic E-state index is 0.0585. The van der Waals surface area contributed by atoms with Gasteiger partial charge >= 0.3 is 0 Å². The molecule has 1 saturated heterocycles. The van der Waals surface area contributed by atoms with Crippen LogP contribution in [0.2, 0.25) is 0 Å². The van der Waals surface area contributed by atoms with Crippen LogP contribution in [0.1, 0.15) is 43.6 Å². The van der Waals surface area contributed by atoms with E-state index in [1.165, 1.54) is 12.8 Å². The smallest absolute Gasteiger partial charge is 0.230 e. The normalized spacial score (nSPS) is 22.7. The maximum atomic E-state index is 12.8. The van der Waals surface area contributed by atoms with Gasteiger partial charge in [0.05, 0.1) is 5.92 Å². The maximum Gasteiger partial charge on any atom is 0.230 e. The van der Waals surface area contributed by atoms with Crippen molar-refractivity contribution in [3.05, 3.63) is 29.8 Å². The first-order valence-corrected chi connectivity index (χ1v) is 7.43. The molecule has 1 atom stereocenters. The molecule has 20 heavy (non-hydrogen) atoms. The van der Waals surface area contributed by atoms with Crippen LogP contribution < -0.4 is 5.32 Å². The van der Waals surface area contributed by atoms with Gasteiger partial charge < -0.3 is 10.2 Å². The molecule has 0 spiro atoms. The second-order valence-electron chi connectivity index (χ2n) is 5.63. The molecule has 0 radical (unpaired) electrons. The topological polar surface area (TPSA) is 49.4 Å². The highest BCUT2D eigenvalue weighted by atomic mass is 16.2. The van der Waals surface area contributed by atoms with Gasteiger partial charge in [0.15, 0.2) is 0 Å². The van der Waals surface area contributed by atoms with Crippen molar-refractivity contribution in [3.8, 4) is 0 Å². The Balaban J connectivity index is 1.85. The number of fused-ring (bicyclic) bond motifs is 1. The molecule has 1 aromatic carbocycles. The fourth-order valence-electron chi connectivity index (χ4n) is 3.14. The summed E-state index contributed by atoms with van der Waals surface area (Å²) in [7, 11) is 0. The number of nitrogens with zero attached hydrogens (tertiary/aromatic N) is 1. The van der Waals surface area contributed by atoms with Crippen molar-refractivity contribution in [2.75, 3.05) is 18.4 Å². The number of amides is 2. The van der Waals surface area contributed by atoms with Crippen LogP contribution in [-0.2, 0) is 9.59 Å². The van der Waals surface area contributed by atoms with Gasteiger partial charge in [-0.15, -0.1) is 0 Å². The number of para-hydroxylation sites is 1. The monoisotopic (exact) mass is 272 g/mol. The van der Waals surface area contributed by atoms with E-state index in [0.29, 0.717) is 0 Å². The lowest BCUT2D eigenvalue weighted by molar-refractivity contribution is -0.134. The van der Waals surface area contributed by atoms with Crippen LogP contribution in [0.3, 0.4) is 0 Å². The van der Waals surface area contributed by atoms with E-state index in [2.05, 4.69) is 5.32 Å². The summed E-state index contributed by atoms with van der Waals surface area (Å²) in [6.45, 7) is 1.66. The molecular weight excluding hydrogens is 252 g/mol. The Kier molecular flexibility index (Phi) is 3.72. The minimum Gasteiger partial charge on any atom is -0.342 e. The lowest BCUT2D eigenvalue weighted by Crippen LogP contribution is -2.39. The number of carbonyl (C=O) groups excluding carboxylic acids is 2. The number of hydrogen-bond donors (Lipinski definition) is 1. The number of rotatable bonds is 1. The predicted octanol–water partition coefficient (Wildman–Crippen LogP) is 2.52. The van der Waals surface area contributed by atoms with E-state index in [1.807, 2.05) is 29.2 Å². The molecule has 2 heterocycles. The van der Waals surface area contributed by atoms with Crippen LogP contribution in [0.5, 0.6) is 0 Å². The molecule has 0 aliphatic carbocycles. The first-order chi connectivity index (χ1) is 9.75. The number of nitrogens with one attached hydrogen (secondary N) is 1. The summed E-state index contributed by atoms with van der Waals surface area (Å²) < 4.78 is 0. The van der Waals surface area contributed by atoms with Crippen LogP contribution in [0.15, 0.2) is 24.3 Å². The Hall–Kier alpha value is -1.84. The highest BCUT2D eigenvalue weighted by Crippen LogP contribution is 2.33. The lowest BCUT2D eigenvalue weighted by atomic mass is 9.89. The Morgan fingerprint density at radius 2 is 1.80 bits per heavy atom. The molecule has 1 unspecified atom stereocenters. The van der Waals surface area contributed by atoms with Crippen molar-refractivity contribution in [2.45, 2.75) is 38.0 Å². The first-order valence-electron chi connectivity index (χ1n) is 7.43. The molecule has 0 bridgehead atoms. The summed E-state index contributed by atoms with van der Waals surface area (Å²) in [6.07, 6.45) is 4.82. The molecular formula is C16H20N2O2. The quantitative estimate of drug-likeness (QED) is 0.854. The van der Waals surface area contributed by atoms with E-state index in [4.69, 9.17) is 0 Å². The van der Waals surface area contributed by atoms with Gasteiger partial charge in [-0.05, 0) is 24.5 Å². The first kappa shape index (κ1) is 13.2. The molecule has 2 aliphatic rings. The van der Waals surface area contributed by atoms with Crippen molar-refractivity contribution in [2.24, 2.45) is 0 Å². The maximum absolute atomic E-state index is 12.8. The Labute approximate surface area is 119 Å². The van der Waals surface area contributed by atoms with Gasteiger partial charge in [0.25, 0.3) is 0 Å². The summed E-state index contributed by atoms with van der Waals surface area (Å²) in [4.78, 5) is 26.5. The molecule has 0 aromatic heterocycles. The van der Waals surface area contributed by atoms with E-state index in [9.17, 15) is 9.59 Å². The number of carbonyl (C=O) groups is 2. The molecule has 106 valence electrons. The van der Waals surface area contributed by atoms with E-state index in [0.717, 1.165) is 37.2 Å². The molecule has 1 N–H and O–H groups in total. The van der Waals surface area contributed by atoms with Crippen molar-refractivity contribution >= 4 is 17.5 Å². The Morgan fingerprint density at radius 3 is 2.55 bits per heavy atom. The average Bonchev–Trinajstić information content (AvgIpc) is 2.74. The van der Waals surface area contributed by atoms with Crippen LogP contribution in [-0.4, -0.2) is 29.8 Å². The van der Waals surface area contributed by atoms with Gasteiger partial charge in [-0.25, -0.2) is 0 Å². The number of likely N-dealkylation sites (tertiary alicyclic amines) is 1. The molecule has 2 amide bonds. The van der Waals surface area contributed by atoms with Gasteiger partial charge in [-0.3, -0.25) is 9.59 Å². The zero-order valence-corrected chi connectivity index (χ0v) is 11.6. The van der Waals surface area contributed by atoms with Crippen LogP contribution in [0.25, 0.3) is 0 Å². The second kappa shape index (κ2) is 5.65.